The highest BCUT2D eigenvalue weighted by molar-refractivity contribution is 6.66. The molecule has 0 spiro atoms. The van der Waals surface area contributed by atoms with Crippen LogP contribution in [-0.4, -0.2) is 27.5 Å². The van der Waals surface area contributed by atoms with E-state index in [-0.39, 0.29) is 0 Å². The van der Waals surface area contributed by atoms with Crippen molar-refractivity contribution in [2.24, 2.45) is 0 Å². The second-order valence-electron chi connectivity index (χ2n) is 4.30. The average molecular weight is 250 g/mol. The van der Waals surface area contributed by atoms with Gasteiger partial charge in [-0.15, -0.1) is 0 Å². The predicted octanol–water partition coefficient (Wildman–Crippen LogP) is 1.58. The minimum Gasteiger partial charge on any atom is -0.279 e. The van der Waals surface area contributed by atoms with E-state index >= 15 is 0 Å². The normalized spacial score (nSPS) is 20.4. The van der Waals surface area contributed by atoms with Crippen molar-refractivity contribution in [1.82, 2.24) is 4.90 Å². The number of rotatable bonds is 2. The molecule has 0 aromatic heterocycles. The summed E-state index contributed by atoms with van der Waals surface area (Å²) in [6.07, 6.45) is 0.918. The third kappa shape index (κ3) is 1.21. The van der Waals surface area contributed by atoms with Gasteiger partial charge < -0.3 is 0 Å². The Bertz CT molecular complexity index is 528. The molecule has 0 bridgehead atoms. The Hall–Kier alpha value is -1.68. The summed E-state index contributed by atoms with van der Waals surface area (Å²) in [5.74, 6) is -0.839. The van der Waals surface area contributed by atoms with Gasteiger partial charge in [0.15, 0.2) is 0 Å². The Morgan fingerprint density at radius 3 is 1.94 bits per heavy atom. The standard InChI is InChI=1S/C12H8ClNO3/c13-11(17)12(5-6-12)14-9(15)7-3-1-2-4-8(7)10(14)16/h1-4H,5-6H2. The first-order valence-electron chi connectivity index (χ1n) is 5.26. The number of benzene rings is 1. The number of amides is 2. The smallest absolute Gasteiger partial charge is 0.262 e. The lowest BCUT2D eigenvalue weighted by Gasteiger charge is -2.21. The molecule has 1 aliphatic heterocycles. The fourth-order valence-corrected chi connectivity index (χ4v) is 2.48. The van der Waals surface area contributed by atoms with Crippen molar-refractivity contribution in [3.05, 3.63) is 35.4 Å². The van der Waals surface area contributed by atoms with Gasteiger partial charge in [-0.2, -0.15) is 0 Å². The van der Waals surface area contributed by atoms with E-state index in [1.807, 2.05) is 0 Å². The van der Waals surface area contributed by atoms with Crippen molar-refractivity contribution in [3.63, 3.8) is 0 Å². The minimum atomic E-state index is -1.09. The lowest BCUT2D eigenvalue weighted by Crippen LogP contribution is -2.45. The first kappa shape index (κ1) is 10.5. The van der Waals surface area contributed by atoms with E-state index in [4.69, 9.17) is 11.6 Å². The molecule has 1 aliphatic carbocycles. The van der Waals surface area contributed by atoms with Gasteiger partial charge in [-0.3, -0.25) is 19.3 Å². The van der Waals surface area contributed by atoms with Crippen molar-refractivity contribution in [3.8, 4) is 0 Å². The highest BCUT2D eigenvalue weighted by Crippen LogP contribution is 2.47. The predicted molar refractivity (Wildman–Crippen MR) is 59.8 cm³/mol. The molecule has 1 aromatic carbocycles. The molecule has 1 fully saturated rings. The Balaban J connectivity index is 2.10. The van der Waals surface area contributed by atoms with Crippen molar-refractivity contribution >= 4 is 28.7 Å². The van der Waals surface area contributed by atoms with Gasteiger partial charge in [0.05, 0.1) is 11.1 Å². The molecular formula is C12H8ClNO3. The molecule has 5 heteroatoms. The Morgan fingerprint density at radius 2 is 1.59 bits per heavy atom. The van der Waals surface area contributed by atoms with Gasteiger partial charge in [-0.1, -0.05) is 12.1 Å². The monoisotopic (exact) mass is 249 g/mol. The third-order valence-corrected chi connectivity index (χ3v) is 3.66. The molecule has 0 N–H and O–H groups in total. The molecule has 1 saturated carbocycles. The molecule has 86 valence electrons. The molecule has 0 atom stereocenters. The van der Waals surface area contributed by atoms with Crippen molar-refractivity contribution in [2.75, 3.05) is 0 Å². The van der Waals surface area contributed by atoms with Crippen molar-refractivity contribution < 1.29 is 14.4 Å². The number of carbonyl (C=O) groups excluding carboxylic acids is 3. The van der Waals surface area contributed by atoms with Crippen LogP contribution in [0.3, 0.4) is 0 Å². The summed E-state index contributed by atoms with van der Waals surface area (Å²) in [5, 5.41) is -0.632. The maximum absolute atomic E-state index is 12.1. The maximum Gasteiger partial charge on any atom is 0.262 e. The molecule has 2 amide bonds. The topological polar surface area (TPSA) is 54.5 Å². The first-order valence-corrected chi connectivity index (χ1v) is 5.63. The summed E-state index contributed by atoms with van der Waals surface area (Å²) in [6, 6.07) is 6.56. The summed E-state index contributed by atoms with van der Waals surface area (Å²) in [7, 11) is 0. The molecule has 3 rings (SSSR count). The van der Waals surface area contributed by atoms with Gasteiger partial charge in [0.1, 0.15) is 5.54 Å². The van der Waals surface area contributed by atoms with Gasteiger partial charge in [-0.05, 0) is 36.6 Å². The number of hydrogen-bond acceptors (Lipinski definition) is 3. The van der Waals surface area contributed by atoms with Gasteiger partial charge in [0.25, 0.3) is 11.8 Å². The van der Waals surface area contributed by atoms with Crippen LogP contribution in [0.15, 0.2) is 24.3 Å². The molecular weight excluding hydrogens is 242 g/mol. The number of imide groups is 1. The number of nitrogens with zero attached hydrogens (tertiary/aromatic N) is 1. The summed E-state index contributed by atoms with van der Waals surface area (Å²) in [4.78, 5) is 36.6. The van der Waals surface area contributed by atoms with Crippen LogP contribution in [0, 0.1) is 0 Å². The van der Waals surface area contributed by atoms with E-state index in [1.54, 1.807) is 24.3 Å². The summed E-state index contributed by atoms with van der Waals surface area (Å²) < 4.78 is 0. The molecule has 1 heterocycles. The summed E-state index contributed by atoms with van der Waals surface area (Å²) >= 11 is 5.50. The van der Waals surface area contributed by atoms with Gasteiger partial charge in [0.2, 0.25) is 5.24 Å². The van der Waals surface area contributed by atoms with Gasteiger partial charge in [-0.25, -0.2) is 0 Å². The zero-order valence-electron chi connectivity index (χ0n) is 8.77. The second kappa shape index (κ2) is 3.17. The zero-order chi connectivity index (χ0) is 12.2. The van der Waals surface area contributed by atoms with E-state index in [0.717, 1.165) is 4.90 Å². The molecule has 0 unspecified atom stereocenters. The van der Waals surface area contributed by atoms with E-state index in [9.17, 15) is 14.4 Å². The average Bonchev–Trinajstić information content (AvgIpc) is 3.06. The highest BCUT2D eigenvalue weighted by Gasteiger charge is 2.60. The van der Waals surface area contributed by atoms with Gasteiger partial charge in [0, 0.05) is 0 Å². The molecule has 0 radical (unpaired) electrons. The Morgan fingerprint density at radius 1 is 1.12 bits per heavy atom. The number of fused-ring (bicyclic) bond motifs is 1. The van der Waals surface area contributed by atoms with E-state index in [2.05, 4.69) is 0 Å². The highest BCUT2D eigenvalue weighted by atomic mass is 35.5. The van der Waals surface area contributed by atoms with E-state index in [1.165, 1.54) is 0 Å². The van der Waals surface area contributed by atoms with Crippen LogP contribution in [0.4, 0.5) is 0 Å². The fraction of sp³-hybridized carbons (Fsp3) is 0.250. The van der Waals surface area contributed by atoms with Crippen molar-refractivity contribution in [1.29, 1.82) is 0 Å². The molecule has 0 saturated heterocycles. The molecule has 1 aromatic rings. The number of halogens is 1. The van der Waals surface area contributed by atoms with Gasteiger partial charge >= 0.3 is 0 Å². The van der Waals surface area contributed by atoms with Crippen LogP contribution < -0.4 is 0 Å². The van der Waals surface area contributed by atoms with E-state index in [0.29, 0.717) is 24.0 Å². The van der Waals surface area contributed by atoms with E-state index < -0.39 is 22.6 Å². The zero-order valence-corrected chi connectivity index (χ0v) is 9.53. The van der Waals surface area contributed by atoms with Crippen LogP contribution in [0.25, 0.3) is 0 Å². The first-order chi connectivity index (χ1) is 8.08. The van der Waals surface area contributed by atoms with Crippen LogP contribution >= 0.6 is 11.6 Å². The minimum absolute atomic E-state index is 0.349. The molecule has 2 aliphatic rings. The SMILES string of the molecule is O=C1c2ccccc2C(=O)N1C1(C(=O)Cl)CC1. The Kier molecular flexibility index (Phi) is 1.95. The largest absolute Gasteiger partial charge is 0.279 e. The summed E-state index contributed by atoms with van der Waals surface area (Å²) in [6.45, 7) is 0. The van der Waals surface area contributed by atoms with Crippen LogP contribution in [-0.2, 0) is 4.79 Å². The third-order valence-electron chi connectivity index (χ3n) is 3.31. The molecule has 4 nitrogen and oxygen atoms in total. The van der Waals surface area contributed by atoms with Crippen LogP contribution in [0.1, 0.15) is 33.6 Å². The van der Waals surface area contributed by atoms with Crippen LogP contribution in [0.5, 0.6) is 0 Å². The second-order valence-corrected chi connectivity index (χ2v) is 4.64. The maximum atomic E-state index is 12.1. The fourth-order valence-electron chi connectivity index (χ4n) is 2.20. The Labute approximate surface area is 102 Å². The summed E-state index contributed by atoms with van der Waals surface area (Å²) in [5.41, 5.74) is -0.391. The van der Waals surface area contributed by atoms with Crippen molar-refractivity contribution in [2.45, 2.75) is 18.4 Å². The number of carbonyl (C=O) groups is 3. The molecule has 17 heavy (non-hydrogen) atoms. The lowest BCUT2D eigenvalue weighted by molar-refractivity contribution is -0.116. The number of hydrogen-bond donors (Lipinski definition) is 0. The van der Waals surface area contributed by atoms with Crippen LogP contribution in [0.2, 0.25) is 0 Å². The quantitative estimate of drug-likeness (QED) is 0.591. The lowest BCUT2D eigenvalue weighted by atomic mass is 10.1.